The fraction of sp³-hybridized carbons (Fsp3) is 0.346. The third-order valence-electron chi connectivity index (χ3n) is 6.00. The lowest BCUT2D eigenvalue weighted by atomic mass is 10.2. The standard InChI is InChI=1S/C26H31BrN8O2/c1-34-11-13-35(14-12-34)10-4-9-28-24(36)7-3-8-25(37)33-23-16-21-22(17-29-23)30-18-31-26(21)32-20-6-2-5-19(27)15-20/h2-3,5-6,8,15-18H,4,7,9-14H2,1H3,(H,28,36)(H,29,33,37)(H,30,31,32)/b8-3+. The van der Waals surface area contributed by atoms with E-state index in [1.165, 1.54) is 12.4 Å². The van der Waals surface area contributed by atoms with Crippen LogP contribution in [-0.4, -0.2) is 82.9 Å². The summed E-state index contributed by atoms with van der Waals surface area (Å²) in [4.78, 5) is 42.1. The molecule has 1 aromatic carbocycles. The lowest BCUT2D eigenvalue weighted by molar-refractivity contribution is -0.120. The predicted molar refractivity (Wildman–Crippen MR) is 149 cm³/mol. The Morgan fingerprint density at radius 2 is 1.95 bits per heavy atom. The van der Waals surface area contributed by atoms with Crippen molar-refractivity contribution >= 4 is 56.0 Å². The van der Waals surface area contributed by atoms with Crippen LogP contribution in [0.25, 0.3) is 10.9 Å². The van der Waals surface area contributed by atoms with Crippen LogP contribution in [0.1, 0.15) is 12.8 Å². The molecule has 0 spiro atoms. The fourth-order valence-electron chi connectivity index (χ4n) is 3.94. The van der Waals surface area contributed by atoms with Crippen molar-refractivity contribution in [3.8, 4) is 0 Å². The molecule has 3 aromatic rings. The normalized spacial score (nSPS) is 14.6. The van der Waals surface area contributed by atoms with E-state index in [2.05, 4.69) is 63.7 Å². The Kier molecular flexibility index (Phi) is 9.52. The summed E-state index contributed by atoms with van der Waals surface area (Å²) < 4.78 is 0.941. The number of nitrogens with one attached hydrogen (secondary N) is 3. The van der Waals surface area contributed by atoms with E-state index in [-0.39, 0.29) is 18.2 Å². The predicted octanol–water partition coefficient (Wildman–Crippen LogP) is 3.17. The first-order valence-electron chi connectivity index (χ1n) is 12.2. The van der Waals surface area contributed by atoms with Crippen molar-refractivity contribution in [1.82, 2.24) is 30.1 Å². The summed E-state index contributed by atoms with van der Waals surface area (Å²) >= 11 is 3.46. The smallest absolute Gasteiger partial charge is 0.249 e. The summed E-state index contributed by atoms with van der Waals surface area (Å²) in [5.41, 5.74) is 1.50. The lowest BCUT2D eigenvalue weighted by Gasteiger charge is -2.32. The minimum atomic E-state index is -0.368. The molecule has 2 amide bonds. The number of hydrogen-bond acceptors (Lipinski definition) is 8. The van der Waals surface area contributed by atoms with Gasteiger partial charge in [0.1, 0.15) is 18.0 Å². The Morgan fingerprint density at radius 1 is 1.11 bits per heavy atom. The molecular weight excluding hydrogens is 536 g/mol. The molecule has 1 fully saturated rings. The number of piperazine rings is 1. The van der Waals surface area contributed by atoms with Crippen LogP contribution in [-0.2, 0) is 9.59 Å². The van der Waals surface area contributed by atoms with Gasteiger partial charge >= 0.3 is 0 Å². The zero-order chi connectivity index (χ0) is 26.0. The number of benzene rings is 1. The molecule has 3 N–H and O–H groups in total. The summed E-state index contributed by atoms with van der Waals surface area (Å²) in [5, 5.41) is 9.63. The number of likely N-dealkylation sites (N-methyl/N-ethyl adjacent to an activating group) is 1. The van der Waals surface area contributed by atoms with Crippen molar-refractivity contribution in [1.29, 1.82) is 0 Å². The van der Waals surface area contributed by atoms with Gasteiger partial charge in [0.15, 0.2) is 0 Å². The molecular formula is C26H31BrN8O2. The average Bonchev–Trinajstić information content (AvgIpc) is 2.88. The highest BCUT2D eigenvalue weighted by molar-refractivity contribution is 9.10. The fourth-order valence-corrected chi connectivity index (χ4v) is 4.34. The molecule has 0 unspecified atom stereocenters. The van der Waals surface area contributed by atoms with Gasteiger partial charge in [-0.2, -0.15) is 0 Å². The molecule has 11 heteroatoms. The number of pyridine rings is 1. The molecule has 10 nitrogen and oxygen atoms in total. The SMILES string of the molecule is CN1CCN(CCCNC(=O)C/C=C/C(=O)Nc2cc3c(Nc4cccc(Br)c4)ncnc3cn2)CC1. The monoisotopic (exact) mass is 566 g/mol. The van der Waals surface area contributed by atoms with E-state index in [9.17, 15) is 9.59 Å². The molecule has 37 heavy (non-hydrogen) atoms. The maximum atomic E-state index is 12.4. The lowest BCUT2D eigenvalue weighted by Crippen LogP contribution is -2.45. The maximum absolute atomic E-state index is 12.4. The van der Waals surface area contributed by atoms with Crippen LogP contribution >= 0.6 is 15.9 Å². The molecule has 1 saturated heterocycles. The van der Waals surface area contributed by atoms with Gasteiger partial charge in [-0.15, -0.1) is 0 Å². The van der Waals surface area contributed by atoms with Crippen molar-refractivity contribution in [2.45, 2.75) is 12.8 Å². The Hall–Kier alpha value is -3.41. The zero-order valence-corrected chi connectivity index (χ0v) is 22.4. The Balaban J connectivity index is 1.24. The number of halogens is 1. The molecule has 4 rings (SSSR count). The Bertz CT molecular complexity index is 1260. The minimum absolute atomic E-state index is 0.105. The number of nitrogens with zero attached hydrogens (tertiary/aromatic N) is 5. The summed E-state index contributed by atoms with van der Waals surface area (Å²) in [5.74, 6) is 0.489. The molecule has 0 radical (unpaired) electrons. The first kappa shape index (κ1) is 26.6. The highest BCUT2D eigenvalue weighted by Gasteiger charge is 2.13. The second-order valence-corrected chi connectivity index (χ2v) is 9.80. The number of hydrogen-bond donors (Lipinski definition) is 3. The number of anilines is 3. The van der Waals surface area contributed by atoms with Gasteiger partial charge in [0, 0.05) is 54.7 Å². The number of rotatable bonds is 10. The van der Waals surface area contributed by atoms with E-state index in [0.717, 1.165) is 49.3 Å². The van der Waals surface area contributed by atoms with Crippen LogP contribution in [0.3, 0.4) is 0 Å². The average molecular weight is 567 g/mol. The Labute approximate surface area is 224 Å². The van der Waals surface area contributed by atoms with E-state index in [4.69, 9.17) is 0 Å². The molecule has 0 aliphatic carbocycles. The van der Waals surface area contributed by atoms with E-state index in [1.54, 1.807) is 18.3 Å². The van der Waals surface area contributed by atoms with Crippen LogP contribution in [0.4, 0.5) is 17.3 Å². The van der Waals surface area contributed by atoms with Gasteiger partial charge in [-0.1, -0.05) is 28.1 Å². The first-order chi connectivity index (χ1) is 18.0. The van der Waals surface area contributed by atoms with Gasteiger partial charge in [0.25, 0.3) is 0 Å². The van der Waals surface area contributed by atoms with Crippen molar-refractivity contribution < 1.29 is 9.59 Å². The molecule has 1 aliphatic heterocycles. The zero-order valence-electron chi connectivity index (χ0n) is 20.8. The van der Waals surface area contributed by atoms with Gasteiger partial charge < -0.3 is 25.8 Å². The topological polar surface area (TPSA) is 115 Å². The molecule has 0 bridgehead atoms. The molecule has 0 atom stereocenters. The van der Waals surface area contributed by atoms with E-state index in [1.807, 2.05) is 24.3 Å². The van der Waals surface area contributed by atoms with Gasteiger partial charge in [0.2, 0.25) is 11.8 Å². The second-order valence-electron chi connectivity index (χ2n) is 8.89. The maximum Gasteiger partial charge on any atom is 0.249 e. The number of carbonyl (C=O) groups excluding carboxylic acids is 2. The highest BCUT2D eigenvalue weighted by Crippen LogP contribution is 2.25. The van der Waals surface area contributed by atoms with Crippen LogP contribution in [0, 0.1) is 0 Å². The van der Waals surface area contributed by atoms with Gasteiger partial charge in [0.05, 0.1) is 11.7 Å². The molecule has 0 saturated carbocycles. The highest BCUT2D eigenvalue weighted by atomic mass is 79.9. The van der Waals surface area contributed by atoms with Crippen molar-refractivity contribution in [3.05, 3.63) is 59.5 Å². The number of carbonyl (C=O) groups is 2. The quantitative estimate of drug-likeness (QED) is 0.253. The van der Waals surface area contributed by atoms with Crippen molar-refractivity contribution in [2.24, 2.45) is 0 Å². The van der Waals surface area contributed by atoms with Crippen LogP contribution in [0.5, 0.6) is 0 Å². The largest absolute Gasteiger partial charge is 0.356 e. The third kappa shape index (κ3) is 8.31. The number of amides is 2. The minimum Gasteiger partial charge on any atom is -0.356 e. The summed E-state index contributed by atoms with van der Waals surface area (Å²) in [7, 11) is 2.14. The third-order valence-corrected chi connectivity index (χ3v) is 6.50. The second kappa shape index (κ2) is 13.2. The van der Waals surface area contributed by atoms with Crippen LogP contribution < -0.4 is 16.0 Å². The molecule has 194 valence electrons. The summed E-state index contributed by atoms with van der Waals surface area (Å²) in [6.45, 7) is 5.94. The first-order valence-corrected chi connectivity index (χ1v) is 13.0. The number of aromatic nitrogens is 3. The van der Waals surface area contributed by atoms with Gasteiger partial charge in [-0.05, 0) is 50.4 Å². The van der Waals surface area contributed by atoms with E-state index >= 15 is 0 Å². The summed E-state index contributed by atoms with van der Waals surface area (Å²) in [6, 6.07) is 9.44. The number of fused-ring (bicyclic) bond motifs is 1. The molecule has 2 aromatic heterocycles. The van der Waals surface area contributed by atoms with Crippen LogP contribution in [0.15, 0.2) is 59.5 Å². The van der Waals surface area contributed by atoms with Crippen molar-refractivity contribution in [2.75, 3.05) is 56.9 Å². The molecule has 3 heterocycles. The van der Waals surface area contributed by atoms with E-state index < -0.39 is 0 Å². The van der Waals surface area contributed by atoms with Crippen molar-refractivity contribution in [3.63, 3.8) is 0 Å². The summed E-state index contributed by atoms with van der Waals surface area (Å²) in [6.07, 6.45) is 6.99. The van der Waals surface area contributed by atoms with Gasteiger partial charge in [-0.25, -0.2) is 15.0 Å². The Morgan fingerprint density at radius 3 is 2.76 bits per heavy atom. The molecule has 1 aliphatic rings. The van der Waals surface area contributed by atoms with Crippen LogP contribution in [0.2, 0.25) is 0 Å². The van der Waals surface area contributed by atoms with Gasteiger partial charge in [-0.3, -0.25) is 9.59 Å². The van der Waals surface area contributed by atoms with E-state index in [0.29, 0.717) is 29.1 Å².